The van der Waals surface area contributed by atoms with Crippen LogP contribution in [0, 0.1) is 0 Å². The number of β-amino-alcohol motifs (C(OH)–C–C–N with tert-alkyl or cyclic N) is 1. The van der Waals surface area contributed by atoms with E-state index in [4.69, 9.17) is 5.73 Å². The molecule has 1 atom stereocenters. The van der Waals surface area contributed by atoms with Crippen molar-refractivity contribution in [2.45, 2.75) is 19.4 Å². The molecule has 5 heteroatoms. The van der Waals surface area contributed by atoms with Crippen LogP contribution in [0.3, 0.4) is 0 Å². The highest BCUT2D eigenvalue weighted by atomic mass is 16.3. The molecule has 1 fully saturated rings. The van der Waals surface area contributed by atoms with Gasteiger partial charge in [-0.05, 0) is 13.0 Å². The Balaban J connectivity index is 2.35. The highest BCUT2D eigenvalue weighted by molar-refractivity contribution is 5.73. The smallest absolute Gasteiger partial charge is 0.219 e. The van der Waals surface area contributed by atoms with Crippen LogP contribution >= 0.6 is 0 Å². The van der Waals surface area contributed by atoms with E-state index in [0.717, 1.165) is 32.6 Å². The molecule has 3 N–H and O–H groups in total. The first-order valence-corrected chi connectivity index (χ1v) is 5.49. The van der Waals surface area contributed by atoms with E-state index in [1.165, 1.54) is 0 Å². The van der Waals surface area contributed by atoms with Gasteiger partial charge >= 0.3 is 0 Å². The summed E-state index contributed by atoms with van der Waals surface area (Å²) in [5.41, 5.74) is 5.36. The Kier molecular flexibility index (Phi) is 5.01. The molecule has 1 aliphatic heterocycles. The molecule has 0 bridgehead atoms. The van der Waals surface area contributed by atoms with Gasteiger partial charge in [-0.25, -0.2) is 0 Å². The zero-order valence-electron chi connectivity index (χ0n) is 9.35. The largest absolute Gasteiger partial charge is 0.390 e. The Morgan fingerprint density at radius 1 is 1.40 bits per heavy atom. The first-order chi connectivity index (χ1) is 7.13. The van der Waals surface area contributed by atoms with Crippen LogP contribution in [0.2, 0.25) is 0 Å². The van der Waals surface area contributed by atoms with E-state index < -0.39 is 6.10 Å². The fourth-order valence-electron chi connectivity index (χ4n) is 1.84. The van der Waals surface area contributed by atoms with Crippen LogP contribution < -0.4 is 5.73 Å². The molecule has 0 aliphatic carbocycles. The molecule has 0 aromatic rings. The van der Waals surface area contributed by atoms with Crippen LogP contribution in [0.15, 0.2) is 0 Å². The number of aliphatic hydroxyl groups is 1. The Labute approximate surface area is 90.8 Å². The third-order valence-electron chi connectivity index (χ3n) is 2.77. The molecule has 5 nitrogen and oxygen atoms in total. The molecule has 1 amide bonds. The van der Waals surface area contributed by atoms with Gasteiger partial charge in [-0.1, -0.05) is 0 Å². The predicted octanol–water partition coefficient (Wildman–Crippen LogP) is -1.14. The van der Waals surface area contributed by atoms with E-state index in [1.54, 1.807) is 6.92 Å². The van der Waals surface area contributed by atoms with Crippen molar-refractivity contribution in [3.05, 3.63) is 0 Å². The minimum atomic E-state index is -0.450. The van der Waals surface area contributed by atoms with Gasteiger partial charge < -0.3 is 15.7 Å². The van der Waals surface area contributed by atoms with Crippen molar-refractivity contribution in [1.82, 2.24) is 9.80 Å². The van der Waals surface area contributed by atoms with Crippen molar-refractivity contribution in [2.75, 3.05) is 39.3 Å². The summed E-state index contributed by atoms with van der Waals surface area (Å²) < 4.78 is 0. The molecule has 0 radical (unpaired) electrons. The van der Waals surface area contributed by atoms with Crippen LogP contribution in [0.1, 0.15) is 13.3 Å². The second-order valence-corrected chi connectivity index (χ2v) is 4.05. The number of nitrogens with zero attached hydrogens (tertiary/aromatic N) is 2. The number of rotatable bonds is 3. The lowest BCUT2D eigenvalue weighted by Gasteiger charge is -2.22. The number of hydrogen-bond acceptors (Lipinski definition) is 4. The van der Waals surface area contributed by atoms with Gasteiger partial charge in [-0.2, -0.15) is 0 Å². The van der Waals surface area contributed by atoms with E-state index >= 15 is 0 Å². The first kappa shape index (κ1) is 12.4. The van der Waals surface area contributed by atoms with Gasteiger partial charge in [-0.3, -0.25) is 9.69 Å². The monoisotopic (exact) mass is 215 g/mol. The average molecular weight is 215 g/mol. The summed E-state index contributed by atoms with van der Waals surface area (Å²) >= 11 is 0. The van der Waals surface area contributed by atoms with Crippen molar-refractivity contribution in [3.63, 3.8) is 0 Å². The minimum Gasteiger partial charge on any atom is -0.390 e. The lowest BCUT2D eigenvalue weighted by Crippen LogP contribution is -2.39. The minimum absolute atomic E-state index is 0.135. The third-order valence-corrected chi connectivity index (χ3v) is 2.77. The Morgan fingerprint density at radius 2 is 2.13 bits per heavy atom. The molecule has 0 aromatic heterocycles. The second-order valence-electron chi connectivity index (χ2n) is 4.05. The van der Waals surface area contributed by atoms with Gasteiger partial charge in [-0.15, -0.1) is 0 Å². The predicted molar refractivity (Wildman–Crippen MR) is 58.4 cm³/mol. The van der Waals surface area contributed by atoms with Gasteiger partial charge in [0.1, 0.15) is 0 Å². The van der Waals surface area contributed by atoms with Crippen molar-refractivity contribution in [1.29, 1.82) is 0 Å². The quantitative estimate of drug-likeness (QED) is 0.624. The standard InChI is InChI=1S/C10H21N3O2/c1-9(14)13-4-2-3-12(5-6-13)8-10(15)7-11/h10,15H,2-8,11H2,1H3. The number of aliphatic hydroxyl groups excluding tert-OH is 1. The molecule has 1 aliphatic rings. The zero-order chi connectivity index (χ0) is 11.3. The summed E-state index contributed by atoms with van der Waals surface area (Å²) in [4.78, 5) is 15.2. The maximum Gasteiger partial charge on any atom is 0.219 e. The molecule has 1 saturated heterocycles. The maximum absolute atomic E-state index is 11.2. The first-order valence-electron chi connectivity index (χ1n) is 5.49. The summed E-state index contributed by atoms with van der Waals surface area (Å²) in [5, 5.41) is 9.43. The Morgan fingerprint density at radius 3 is 2.73 bits per heavy atom. The molecule has 0 saturated carbocycles. The Hall–Kier alpha value is -0.650. The van der Waals surface area contributed by atoms with E-state index in [-0.39, 0.29) is 5.91 Å². The Bertz CT molecular complexity index is 211. The fraction of sp³-hybridized carbons (Fsp3) is 0.900. The summed E-state index contributed by atoms with van der Waals surface area (Å²) in [5.74, 6) is 0.135. The van der Waals surface area contributed by atoms with E-state index in [9.17, 15) is 9.90 Å². The van der Waals surface area contributed by atoms with Crippen molar-refractivity contribution in [3.8, 4) is 0 Å². The third kappa shape index (κ3) is 4.15. The second kappa shape index (κ2) is 6.05. The highest BCUT2D eigenvalue weighted by Gasteiger charge is 2.17. The normalized spacial score (nSPS) is 21.1. The van der Waals surface area contributed by atoms with Crippen molar-refractivity contribution >= 4 is 5.91 Å². The number of amides is 1. The van der Waals surface area contributed by atoms with Gasteiger partial charge in [0.25, 0.3) is 0 Å². The van der Waals surface area contributed by atoms with Gasteiger partial charge in [0, 0.05) is 39.6 Å². The SMILES string of the molecule is CC(=O)N1CCCN(CC(O)CN)CC1. The van der Waals surface area contributed by atoms with Crippen LogP contribution in [0.4, 0.5) is 0 Å². The fourth-order valence-corrected chi connectivity index (χ4v) is 1.84. The van der Waals surface area contributed by atoms with Crippen LogP contribution in [-0.4, -0.2) is 66.2 Å². The summed E-state index contributed by atoms with van der Waals surface area (Å²) in [6, 6.07) is 0. The molecule has 1 rings (SSSR count). The number of nitrogens with two attached hydrogens (primary N) is 1. The highest BCUT2D eigenvalue weighted by Crippen LogP contribution is 2.03. The lowest BCUT2D eigenvalue weighted by atomic mass is 10.3. The molecule has 0 aromatic carbocycles. The molecular weight excluding hydrogens is 194 g/mol. The van der Waals surface area contributed by atoms with Crippen molar-refractivity contribution < 1.29 is 9.90 Å². The van der Waals surface area contributed by atoms with Gasteiger partial charge in [0.05, 0.1) is 6.10 Å². The van der Waals surface area contributed by atoms with Crippen molar-refractivity contribution in [2.24, 2.45) is 5.73 Å². The summed E-state index contributed by atoms with van der Waals surface area (Å²) in [7, 11) is 0. The van der Waals surface area contributed by atoms with Gasteiger partial charge in [0.15, 0.2) is 0 Å². The van der Waals surface area contributed by atoms with Gasteiger partial charge in [0.2, 0.25) is 5.91 Å². The topological polar surface area (TPSA) is 69.8 Å². The summed E-state index contributed by atoms with van der Waals surface area (Å²) in [6.07, 6.45) is 0.519. The number of carbonyl (C=O) groups is 1. The zero-order valence-corrected chi connectivity index (χ0v) is 9.35. The average Bonchev–Trinajstić information content (AvgIpc) is 2.43. The summed E-state index contributed by atoms with van der Waals surface area (Å²) in [6.45, 7) is 5.86. The molecule has 1 unspecified atom stereocenters. The molecule has 88 valence electrons. The van der Waals surface area contributed by atoms with E-state index in [0.29, 0.717) is 13.1 Å². The maximum atomic E-state index is 11.2. The lowest BCUT2D eigenvalue weighted by molar-refractivity contribution is -0.128. The van der Waals surface area contributed by atoms with E-state index in [2.05, 4.69) is 4.90 Å². The van der Waals surface area contributed by atoms with Crippen LogP contribution in [0.5, 0.6) is 0 Å². The number of hydrogen-bond donors (Lipinski definition) is 2. The van der Waals surface area contributed by atoms with Crippen LogP contribution in [-0.2, 0) is 4.79 Å². The molecule has 0 spiro atoms. The molecule has 1 heterocycles. The molecule has 15 heavy (non-hydrogen) atoms. The number of carbonyl (C=O) groups excluding carboxylic acids is 1. The molecular formula is C10H21N3O2. The van der Waals surface area contributed by atoms with E-state index in [1.807, 2.05) is 4.90 Å². The van der Waals surface area contributed by atoms with Crippen LogP contribution in [0.25, 0.3) is 0 Å².